The monoisotopic (exact) mass is 263 g/mol. The Bertz CT molecular complexity index is 543. The largest absolute Gasteiger partial charge is 0.493 e. The molecular weight excluding hydrogens is 242 g/mol. The van der Waals surface area contributed by atoms with Crippen LogP contribution in [0, 0.1) is 0 Å². The average molecular weight is 263 g/mol. The molecule has 0 spiro atoms. The molecule has 0 saturated heterocycles. The van der Waals surface area contributed by atoms with Crippen molar-refractivity contribution in [2.75, 3.05) is 14.2 Å². The number of aromatic nitrogens is 4. The second kappa shape index (κ2) is 5.44. The van der Waals surface area contributed by atoms with Gasteiger partial charge in [-0.3, -0.25) is 9.36 Å². The van der Waals surface area contributed by atoms with Crippen LogP contribution in [0.3, 0.4) is 0 Å². The van der Waals surface area contributed by atoms with E-state index >= 15 is 0 Å². The van der Waals surface area contributed by atoms with Crippen molar-refractivity contribution in [3.63, 3.8) is 0 Å². The van der Waals surface area contributed by atoms with Crippen LogP contribution in [0.15, 0.2) is 18.5 Å². The molecule has 2 aromatic heterocycles. The molecule has 0 aliphatic rings. The quantitative estimate of drug-likeness (QED) is 0.888. The van der Waals surface area contributed by atoms with Gasteiger partial charge in [-0.1, -0.05) is 0 Å². The predicted octanol–water partition coefficient (Wildman–Crippen LogP) is 1.51. The van der Waals surface area contributed by atoms with Gasteiger partial charge in [0.25, 0.3) is 0 Å². The molecule has 0 aliphatic heterocycles. The van der Waals surface area contributed by atoms with E-state index in [2.05, 4.69) is 29.4 Å². The lowest BCUT2D eigenvalue weighted by Crippen LogP contribution is -2.23. The number of nitrogens with zero attached hydrogens (tertiary/aromatic N) is 4. The van der Waals surface area contributed by atoms with Crippen LogP contribution in [-0.2, 0) is 7.05 Å². The fourth-order valence-electron chi connectivity index (χ4n) is 2.21. The van der Waals surface area contributed by atoms with E-state index < -0.39 is 0 Å². The Balaban J connectivity index is 2.50. The summed E-state index contributed by atoms with van der Waals surface area (Å²) < 4.78 is 9.19. The van der Waals surface area contributed by atoms with Crippen molar-refractivity contribution < 1.29 is 4.74 Å². The number of hydrogen-bond donors (Lipinski definition) is 1. The molecule has 0 radical (unpaired) electrons. The van der Waals surface area contributed by atoms with Crippen molar-refractivity contribution >= 4 is 0 Å². The van der Waals surface area contributed by atoms with Crippen LogP contribution < -0.4 is 10.1 Å². The summed E-state index contributed by atoms with van der Waals surface area (Å²) in [5.74, 6) is 0.777. The first-order valence-electron chi connectivity index (χ1n) is 6.36. The van der Waals surface area contributed by atoms with Gasteiger partial charge in [0, 0.05) is 19.3 Å². The minimum atomic E-state index is -0.0407. The fourth-order valence-corrected chi connectivity index (χ4v) is 2.21. The summed E-state index contributed by atoms with van der Waals surface area (Å²) in [6.45, 7) is 4.20. The molecule has 1 atom stereocenters. The molecule has 0 bridgehead atoms. The average Bonchev–Trinajstić information content (AvgIpc) is 2.97. The summed E-state index contributed by atoms with van der Waals surface area (Å²) >= 11 is 0. The second-order valence-corrected chi connectivity index (χ2v) is 4.77. The SMILES string of the molecule is CNC(c1ccn(C)n1)c1c(OC)cnn1C(C)C. The number of methoxy groups -OCH3 is 1. The first kappa shape index (κ1) is 13.6. The lowest BCUT2D eigenvalue weighted by atomic mass is 10.1. The zero-order chi connectivity index (χ0) is 14.0. The summed E-state index contributed by atoms with van der Waals surface area (Å²) in [6.07, 6.45) is 3.69. The minimum absolute atomic E-state index is 0.0407. The van der Waals surface area contributed by atoms with Gasteiger partial charge in [-0.2, -0.15) is 10.2 Å². The third-order valence-corrected chi connectivity index (χ3v) is 3.10. The zero-order valence-corrected chi connectivity index (χ0v) is 12.1. The molecule has 0 saturated carbocycles. The molecule has 2 rings (SSSR count). The van der Waals surface area contributed by atoms with Crippen LogP contribution in [0.2, 0.25) is 0 Å². The standard InChI is InChI=1S/C13H21N5O/c1-9(2)18-13(11(19-5)8-15-18)12(14-3)10-6-7-17(4)16-10/h6-9,12,14H,1-5H3. The Morgan fingerprint density at radius 3 is 2.58 bits per heavy atom. The molecule has 2 heterocycles. The number of ether oxygens (including phenoxy) is 1. The molecule has 19 heavy (non-hydrogen) atoms. The highest BCUT2D eigenvalue weighted by Crippen LogP contribution is 2.30. The Hall–Kier alpha value is -1.82. The van der Waals surface area contributed by atoms with Crippen LogP contribution in [0.1, 0.15) is 37.3 Å². The van der Waals surface area contributed by atoms with Gasteiger partial charge in [0.2, 0.25) is 0 Å². The molecule has 1 N–H and O–H groups in total. The maximum atomic E-state index is 5.43. The van der Waals surface area contributed by atoms with E-state index in [1.165, 1.54) is 0 Å². The molecule has 6 heteroatoms. The third-order valence-electron chi connectivity index (χ3n) is 3.10. The molecule has 0 fully saturated rings. The topological polar surface area (TPSA) is 56.9 Å². The normalized spacial score (nSPS) is 12.9. The molecule has 0 aliphatic carbocycles. The van der Waals surface area contributed by atoms with Crippen LogP contribution in [0.4, 0.5) is 0 Å². The van der Waals surface area contributed by atoms with Gasteiger partial charge in [0.1, 0.15) is 5.69 Å². The summed E-state index contributed by atoms with van der Waals surface area (Å²) in [6, 6.07) is 2.22. The number of aryl methyl sites for hydroxylation is 1. The first-order valence-corrected chi connectivity index (χ1v) is 6.36. The van der Waals surface area contributed by atoms with Gasteiger partial charge in [-0.25, -0.2) is 0 Å². The molecule has 104 valence electrons. The van der Waals surface area contributed by atoms with Crippen molar-refractivity contribution in [2.24, 2.45) is 7.05 Å². The maximum absolute atomic E-state index is 5.43. The highest BCUT2D eigenvalue weighted by Gasteiger charge is 2.25. The van der Waals surface area contributed by atoms with Crippen molar-refractivity contribution in [1.82, 2.24) is 24.9 Å². The van der Waals surface area contributed by atoms with Crippen molar-refractivity contribution in [1.29, 1.82) is 0 Å². The Labute approximate surface area is 113 Å². The lowest BCUT2D eigenvalue weighted by Gasteiger charge is -2.19. The van der Waals surface area contributed by atoms with Crippen molar-refractivity contribution in [3.8, 4) is 5.75 Å². The highest BCUT2D eigenvalue weighted by atomic mass is 16.5. The van der Waals surface area contributed by atoms with E-state index in [0.717, 1.165) is 17.1 Å². The summed E-state index contributed by atoms with van der Waals surface area (Å²) in [5.41, 5.74) is 1.95. The van der Waals surface area contributed by atoms with Crippen LogP contribution >= 0.6 is 0 Å². The Morgan fingerprint density at radius 1 is 1.37 bits per heavy atom. The van der Waals surface area contributed by atoms with E-state index in [-0.39, 0.29) is 12.1 Å². The number of rotatable bonds is 5. The van der Waals surface area contributed by atoms with Crippen LogP contribution in [0.5, 0.6) is 5.75 Å². The first-order chi connectivity index (χ1) is 9.08. The van der Waals surface area contributed by atoms with Gasteiger partial charge >= 0.3 is 0 Å². The number of nitrogens with one attached hydrogen (secondary N) is 1. The van der Waals surface area contributed by atoms with Crippen LogP contribution in [0.25, 0.3) is 0 Å². The molecular formula is C13H21N5O. The Kier molecular flexibility index (Phi) is 3.90. The third kappa shape index (κ3) is 2.49. The summed E-state index contributed by atoms with van der Waals surface area (Å²) in [5, 5.41) is 12.2. The second-order valence-electron chi connectivity index (χ2n) is 4.77. The highest BCUT2D eigenvalue weighted by molar-refractivity contribution is 5.34. The predicted molar refractivity (Wildman–Crippen MR) is 73.3 cm³/mol. The van der Waals surface area contributed by atoms with Gasteiger partial charge in [0.05, 0.1) is 25.0 Å². The Morgan fingerprint density at radius 2 is 2.11 bits per heavy atom. The lowest BCUT2D eigenvalue weighted by molar-refractivity contribution is 0.395. The van der Waals surface area contributed by atoms with E-state index in [0.29, 0.717) is 0 Å². The summed E-state index contributed by atoms with van der Waals surface area (Å²) in [7, 11) is 5.49. The van der Waals surface area contributed by atoms with Crippen molar-refractivity contribution in [3.05, 3.63) is 29.8 Å². The van der Waals surface area contributed by atoms with Gasteiger partial charge in [-0.05, 0) is 27.0 Å². The number of hydrogen-bond acceptors (Lipinski definition) is 4. The van der Waals surface area contributed by atoms with E-state index in [4.69, 9.17) is 4.74 Å². The molecule has 6 nitrogen and oxygen atoms in total. The van der Waals surface area contributed by atoms with Gasteiger partial charge in [-0.15, -0.1) is 0 Å². The van der Waals surface area contributed by atoms with Gasteiger partial charge < -0.3 is 10.1 Å². The van der Waals surface area contributed by atoms with Gasteiger partial charge in [0.15, 0.2) is 5.75 Å². The smallest absolute Gasteiger partial charge is 0.162 e. The van der Waals surface area contributed by atoms with E-state index in [9.17, 15) is 0 Å². The minimum Gasteiger partial charge on any atom is -0.493 e. The maximum Gasteiger partial charge on any atom is 0.162 e. The summed E-state index contributed by atoms with van der Waals surface area (Å²) in [4.78, 5) is 0. The van der Waals surface area contributed by atoms with E-state index in [1.807, 2.05) is 31.0 Å². The van der Waals surface area contributed by atoms with Crippen LogP contribution in [-0.4, -0.2) is 33.7 Å². The molecule has 0 aromatic carbocycles. The molecule has 0 amide bonds. The van der Waals surface area contributed by atoms with E-state index in [1.54, 1.807) is 18.0 Å². The van der Waals surface area contributed by atoms with Crippen molar-refractivity contribution in [2.45, 2.75) is 25.9 Å². The molecule has 1 unspecified atom stereocenters. The fraction of sp³-hybridized carbons (Fsp3) is 0.538. The molecule has 2 aromatic rings. The zero-order valence-electron chi connectivity index (χ0n) is 12.1.